The average molecular weight is 319 g/mol. The van der Waals surface area contributed by atoms with E-state index in [9.17, 15) is 9.59 Å². The fourth-order valence-corrected chi connectivity index (χ4v) is 2.36. The molecule has 3 aromatic rings. The third-order valence-electron chi connectivity index (χ3n) is 3.89. The van der Waals surface area contributed by atoms with Crippen molar-refractivity contribution in [1.29, 1.82) is 0 Å². The van der Waals surface area contributed by atoms with Crippen LogP contribution in [0.5, 0.6) is 0 Å². The second-order valence-electron chi connectivity index (χ2n) is 5.69. The maximum absolute atomic E-state index is 12.4. The zero-order valence-electron chi connectivity index (χ0n) is 13.8. The van der Waals surface area contributed by atoms with Crippen LogP contribution in [0.2, 0.25) is 0 Å². The molecule has 120 valence electrons. The number of benzene rings is 2. The van der Waals surface area contributed by atoms with Gasteiger partial charge in [-0.3, -0.25) is 9.59 Å². The summed E-state index contributed by atoms with van der Waals surface area (Å²) in [5.41, 5.74) is 4.94. The Labute approximate surface area is 139 Å². The Kier molecular flexibility index (Phi) is 4.08. The molecule has 2 aromatic carbocycles. The number of fused-ring (bicyclic) bond motifs is 1. The van der Waals surface area contributed by atoms with E-state index in [1.54, 1.807) is 42.5 Å². The molecule has 0 saturated heterocycles. The Bertz CT molecular complexity index is 947. The highest BCUT2D eigenvalue weighted by Gasteiger charge is 2.09. The second-order valence-corrected chi connectivity index (χ2v) is 5.69. The summed E-state index contributed by atoms with van der Waals surface area (Å²) < 4.78 is 0. The first kappa shape index (κ1) is 15.8. The number of aromatic nitrogens is 2. The van der Waals surface area contributed by atoms with Crippen LogP contribution in [0.3, 0.4) is 0 Å². The van der Waals surface area contributed by atoms with Gasteiger partial charge in [-0.2, -0.15) is 0 Å². The van der Waals surface area contributed by atoms with Crippen LogP contribution in [0.4, 0.5) is 5.69 Å². The lowest BCUT2D eigenvalue weighted by atomic mass is 10.1. The third-order valence-corrected chi connectivity index (χ3v) is 3.89. The smallest absolute Gasteiger partial charge is 0.255 e. The molecule has 1 N–H and O–H groups in total. The third kappa shape index (κ3) is 3.15. The van der Waals surface area contributed by atoms with Gasteiger partial charge in [-0.1, -0.05) is 0 Å². The number of aryl methyl sites for hydroxylation is 2. The van der Waals surface area contributed by atoms with Gasteiger partial charge in [0.1, 0.15) is 0 Å². The highest BCUT2D eigenvalue weighted by atomic mass is 16.1. The van der Waals surface area contributed by atoms with E-state index in [1.165, 1.54) is 6.92 Å². The van der Waals surface area contributed by atoms with E-state index >= 15 is 0 Å². The molecule has 0 aliphatic rings. The fraction of sp³-hybridized carbons (Fsp3) is 0.158. The standard InChI is InChI=1S/C19H17N3O2/c1-11-12(2)21-18-10-15(6-9-17(18)20-11)19(24)22-16-7-4-14(5-8-16)13(3)23/h4-10H,1-3H3,(H,22,24). The van der Waals surface area contributed by atoms with Crippen molar-refractivity contribution >= 4 is 28.4 Å². The molecule has 0 atom stereocenters. The first-order valence-electron chi connectivity index (χ1n) is 7.61. The maximum Gasteiger partial charge on any atom is 0.255 e. The molecule has 1 heterocycles. The van der Waals surface area contributed by atoms with Crippen molar-refractivity contribution in [3.63, 3.8) is 0 Å². The summed E-state index contributed by atoms with van der Waals surface area (Å²) in [6, 6.07) is 12.1. The lowest BCUT2D eigenvalue weighted by Crippen LogP contribution is -2.12. The predicted octanol–water partition coefficient (Wildman–Crippen LogP) is 3.70. The van der Waals surface area contributed by atoms with E-state index in [1.807, 2.05) is 13.8 Å². The topological polar surface area (TPSA) is 72.0 Å². The van der Waals surface area contributed by atoms with Crippen molar-refractivity contribution < 1.29 is 9.59 Å². The SMILES string of the molecule is CC(=O)c1ccc(NC(=O)c2ccc3nc(C)c(C)nc3c2)cc1. The number of carbonyl (C=O) groups excluding carboxylic acids is 2. The minimum atomic E-state index is -0.229. The summed E-state index contributed by atoms with van der Waals surface area (Å²) in [7, 11) is 0. The van der Waals surface area contributed by atoms with E-state index in [2.05, 4.69) is 15.3 Å². The second kappa shape index (κ2) is 6.20. The largest absolute Gasteiger partial charge is 0.322 e. The molecule has 0 saturated carbocycles. The van der Waals surface area contributed by atoms with Gasteiger partial charge in [0.05, 0.1) is 22.4 Å². The highest BCUT2D eigenvalue weighted by Crippen LogP contribution is 2.16. The van der Waals surface area contributed by atoms with E-state index < -0.39 is 0 Å². The van der Waals surface area contributed by atoms with Gasteiger partial charge in [0.2, 0.25) is 0 Å². The molecule has 5 heteroatoms. The summed E-state index contributed by atoms with van der Waals surface area (Å²) in [6.07, 6.45) is 0. The van der Waals surface area contributed by atoms with E-state index in [0.29, 0.717) is 22.3 Å². The molecule has 0 fully saturated rings. The van der Waals surface area contributed by atoms with Gasteiger partial charge in [-0.25, -0.2) is 9.97 Å². The van der Waals surface area contributed by atoms with Gasteiger partial charge in [0.25, 0.3) is 5.91 Å². The van der Waals surface area contributed by atoms with Crippen LogP contribution in [0, 0.1) is 13.8 Å². The Balaban J connectivity index is 1.85. The van der Waals surface area contributed by atoms with Crippen LogP contribution in [-0.4, -0.2) is 21.7 Å². The maximum atomic E-state index is 12.4. The zero-order chi connectivity index (χ0) is 17.3. The van der Waals surface area contributed by atoms with Gasteiger partial charge in [0.15, 0.2) is 5.78 Å². The van der Waals surface area contributed by atoms with Crippen LogP contribution in [0.25, 0.3) is 11.0 Å². The van der Waals surface area contributed by atoms with Crippen molar-refractivity contribution in [2.75, 3.05) is 5.32 Å². The Morgan fingerprint density at radius 1 is 0.833 bits per heavy atom. The molecule has 0 aliphatic heterocycles. The highest BCUT2D eigenvalue weighted by molar-refractivity contribution is 6.06. The number of amides is 1. The monoisotopic (exact) mass is 319 g/mol. The lowest BCUT2D eigenvalue weighted by molar-refractivity contribution is 0.101. The molecule has 1 aromatic heterocycles. The van der Waals surface area contributed by atoms with E-state index in [0.717, 1.165) is 16.9 Å². The number of hydrogen-bond donors (Lipinski definition) is 1. The molecule has 0 spiro atoms. The van der Waals surface area contributed by atoms with E-state index in [4.69, 9.17) is 0 Å². The zero-order valence-corrected chi connectivity index (χ0v) is 13.8. The molecule has 3 rings (SSSR count). The summed E-state index contributed by atoms with van der Waals surface area (Å²) in [4.78, 5) is 32.6. The number of Topliss-reactive ketones (excluding diaryl/α,β-unsaturated/α-hetero) is 1. The quantitative estimate of drug-likeness (QED) is 0.747. The van der Waals surface area contributed by atoms with Crippen LogP contribution >= 0.6 is 0 Å². The van der Waals surface area contributed by atoms with Crippen molar-refractivity contribution in [2.45, 2.75) is 20.8 Å². The Hall–Kier alpha value is -3.08. The van der Waals surface area contributed by atoms with Gasteiger partial charge in [0, 0.05) is 16.8 Å². The average Bonchev–Trinajstić information content (AvgIpc) is 2.56. The molecule has 24 heavy (non-hydrogen) atoms. The van der Waals surface area contributed by atoms with E-state index in [-0.39, 0.29) is 11.7 Å². The molecule has 0 radical (unpaired) electrons. The van der Waals surface area contributed by atoms with Crippen molar-refractivity contribution in [2.24, 2.45) is 0 Å². The summed E-state index contributed by atoms with van der Waals surface area (Å²) in [5, 5.41) is 2.82. The lowest BCUT2D eigenvalue weighted by Gasteiger charge is -2.07. The van der Waals surface area contributed by atoms with Crippen molar-refractivity contribution in [3.8, 4) is 0 Å². The molecule has 5 nitrogen and oxygen atoms in total. The number of nitrogens with one attached hydrogen (secondary N) is 1. The van der Waals surface area contributed by atoms with Gasteiger partial charge in [-0.15, -0.1) is 0 Å². The van der Waals surface area contributed by atoms with Crippen LogP contribution in [-0.2, 0) is 0 Å². The summed E-state index contributed by atoms with van der Waals surface area (Å²) in [5.74, 6) is -0.237. The van der Waals surface area contributed by atoms with Gasteiger partial charge < -0.3 is 5.32 Å². The van der Waals surface area contributed by atoms with Gasteiger partial charge >= 0.3 is 0 Å². The number of carbonyl (C=O) groups is 2. The van der Waals surface area contributed by atoms with Crippen molar-refractivity contribution in [3.05, 3.63) is 65.0 Å². The molecular formula is C19H17N3O2. The predicted molar refractivity (Wildman–Crippen MR) is 93.4 cm³/mol. The molecule has 1 amide bonds. The summed E-state index contributed by atoms with van der Waals surface area (Å²) >= 11 is 0. The minimum absolute atomic E-state index is 0.00774. The summed E-state index contributed by atoms with van der Waals surface area (Å²) in [6.45, 7) is 5.31. The number of rotatable bonds is 3. The Morgan fingerprint density at radius 2 is 1.42 bits per heavy atom. The first-order valence-corrected chi connectivity index (χ1v) is 7.61. The first-order chi connectivity index (χ1) is 11.4. The number of anilines is 1. The molecule has 0 unspecified atom stereocenters. The van der Waals surface area contributed by atoms with Gasteiger partial charge in [-0.05, 0) is 63.2 Å². The number of ketones is 1. The normalized spacial score (nSPS) is 10.6. The number of nitrogens with zero attached hydrogens (tertiary/aromatic N) is 2. The van der Waals surface area contributed by atoms with Crippen LogP contribution in [0.1, 0.15) is 39.0 Å². The van der Waals surface area contributed by atoms with Crippen LogP contribution < -0.4 is 5.32 Å². The fourth-order valence-electron chi connectivity index (χ4n) is 2.36. The Morgan fingerprint density at radius 3 is 2.04 bits per heavy atom. The molecule has 0 bridgehead atoms. The minimum Gasteiger partial charge on any atom is -0.322 e. The molecular weight excluding hydrogens is 302 g/mol. The molecule has 0 aliphatic carbocycles. The van der Waals surface area contributed by atoms with Crippen LogP contribution in [0.15, 0.2) is 42.5 Å². The number of hydrogen-bond acceptors (Lipinski definition) is 4. The van der Waals surface area contributed by atoms with Crippen molar-refractivity contribution in [1.82, 2.24) is 9.97 Å².